The Morgan fingerprint density at radius 3 is 1.80 bits per heavy atom. The largest absolute Gasteiger partial charge is 0.353 e. The molecule has 0 aliphatic carbocycles. The van der Waals surface area contributed by atoms with E-state index >= 15 is 0 Å². The highest BCUT2D eigenvalue weighted by molar-refractivity contribution is 5.89. The number of urea groups is 1. The standard InChI is InChI=1S/C22H31N7O/c1-17-14-18(2)16-19(15-17)23-22(30)29-12-10-28(11-13-29)21-5-4-20(24-25-21)27-8-6-26(3)7-9-27/h4-5,14-16H,6-13H2,1-3H3,(H,23,30). The molecule has 160 valence electrons. The lowest BCUT2D eigenvalue weighted by Crippen LogP contribution is -2.50. The summed E-state index contributed by atoms with van der Waals surface area (Å²) in [5, 5.41) is 11.9. The second-order valence-electron chi connectivity index (χ2n) is 8.32. The van der Waals surface area contributed by atoms with E-state index in [4.69, 9.17) is 0 Å². The summed E-state index contributed by atoms with van der Waals surface area (Å²) in [7, 11) is 2.15. The number of hydrogen-bond donors (Lipinski definition) is 1. The Morgan fingerprint density at radius 1 is 0.800 bits per heavy atom. The molecule has 0 atom stereocenters. The van der Waals surface area contributed by atoms with Crippen molar-refractivity contribution in [1.29, 1.82) is 0 Å². The average molecular weight is 410 g/mol. The number of carbonyl (C=O) groups is 1. The van der Waals surface area contributed by atoms with Crippen LogP contribution in [-0.4, -0.2) is 85.4 Å². The van der Waals surface area contributed by atoms with Gasteiger partial charge >= 0.3 is 6.03 Å². The van der Waals surface area contributed by atoms with E-state index in [-0.39, 0.29) is 6.03 Å². The minimum absolute atomic E-state index is 0.0452. The van der Waals surface area contributed by atoms with Crippen LogP contribution in [0.15, 0.2) is 30.3 Å². The molecule has 1 N–H and O–H groups in total. The summed E-state index contributed by atoms with van der Waals surface area (Å²) in [5.41, 5.74) is 3.15. The van der Waals surface area contributed by atoms with Gasteiger partial charge < -0.3 is 24.9 Å². The normalized spacial score (nSPS) is 17.9. The van der Waals surface area contributed by atoms with Gasteiger partial charge in [-0.05, 0) is 56.3 Å². The fraction of sp³-hybridized carbons (Fsp3) is 0.500. The number of rotatable bonds is 3. The molecule has 2 saturated heterocycles. The second kappa shape index (κ2) is 8.87. The van der Waals surface area contributed by atoms with Gasteiger partial charge in [0.25, 0.3) is 0 Å². The molecule has 8 heteroatoms. The van der Waals surface area contributed by atoms with Crippen molar-refractivity contribution >= 4 is 23.4 Å². The lowest BCUT2D eigenvalue weighted by Gasteiger charge is -2.35. The molecule has 0 unspecified atom stereocenters. The number of amides is 2. The quantitative estimate of drug-likeness (QED) is 0.838. The summed E-state index contributed by atoms with van der Waals surface area (Å²) in [4.78, 5) is 21.3. The maximum absolute atomic E-state index is 12.6. The molecule has 2 aliphatic rings. The summed E-state index contributed by atoms with van der Waals surface area (Å²) in [6, 6.07) is 10.2. The zero-order valence-electron chi connectivity index (χ0n) is 18.1. The summed E-state index contributed by atoms with van der Waals surface area (Å²) < 4.78 is 0. The van der Waals surface area contributed by atoms with E-state index < -0.39 is 0 Å². The number of hydrogen-bond acceptors (Lipinski definition) is 6. The molecular formula is C22H31N7O. The topological polar surface area (TPSA) is 67.8 Å². The Labute approximate surface area is 178 Å². The maximum atomic E-state index is 12.6. The molecule has 0 radical (unpaired) electrons. The van der Waals surface area contributed by atoms with E-state index in [0.29, 0.717) is 13.1 Å². The molecule has 3 heterocycles. The third kappa shape index (κ3) is 4.81. The molecule has 0 spiro atoms. The van der Waals surface area contributed by atoms with Crippen molar-refractivity contribution in [3.8, 4) is 0 Å². The average Bonchev–Trinajstić information content (AvgIpc) is 2.74. The minimum atomic E-state index is -0.0452. The van der Waals surface area contributed by atoms with Crippen LogP contribution in [0, 0.1) is 13.8 Å². The Bertz CT molecular complexity index is 849. The first-order valence-corrected chi connectivity index (χ1v) is 10.6. The summed E-state index contributed by atoms with van der Waals surface area (Å²) in [5.74, 6) is 1.82. The minimum Gasteiger partial charge on any atom is -0.353 e. The van der Waals surface area contributed by atoms with E-state index in [1.165, 1.54) is 0 Å². The maximum Gasteiger partial charge on any atom is 0.321 e. The second-order valence-corrected chi connectivity index (χ2v) is 8.32. The van der Waals surface area contributed by atoms with Gasteiger partial charge in [0.05, 0.1) is 0 Å². The first-order valence-electron chi connectivity index (χ1n) is 10.6. The molecule has 1 aromatic carbocycles. The molecule has 2 fully saturated rings. The Kier molecular flexibility index (Phi) is 6.03. The SMILES string of the molecule is Cc1cc(C)cc(NC(=O)N2CCN(c3ccc(N4CCN(C)CC4)nn3)CC2)c1. The Hall–Kier alpha value is -2.87. The predicted molar refractivity (Wildman–Crippen MR) is 120 cm³/mol. The van der Waals surface area contributed by atoms with Gasteiger partial charge in [-0.2, -0.15) is 0 Å². The molecule has 30 heavy (non-hydrogen) atoms. The van der Waals surface area contributed by atoms with Crippen LogP contribution in [0.1, 0.15) is 11.1 Å². The number of carbonyl (C=O) groups excluding carboxylic acids is 1. The number of piperazine rings is 2. The molecule has 1 aromatic heterocycles. The number of aromatic nitrogens is 2. The first kappa shape index (κ1) is 20.4. The molecule has 0 bridgehead atoms. The summed E-state index contributed by atoms with van der Waals surface area (Å²) in [6.07, 6.45) is 0. The van der Waals surface area contributed by atoms with Crippen LogP contribution in [0.25, 0.3) is 0 Å². The van der Waals surface area contributed by atoms with Gasteiger partial charge in [-0.3, -0.25) is 0 Å². The van der Waals surface area contributed by atoms with Crippen molar-refractivity contribution in [3.63, 3.8) is 0 Å². The molecule has 2 amide bonds. The monoisotopic (exact) mass is 409 g/mol. The molecule has 0 saturated carbocycles. The van der Waals surface area contributed by atoms with E-state index in [9.17, 15) is 4.79 Å². The highest BCUT2D eigenvalue weighted by Gasteiger charge is 2.23. The lowest BCUT2D eigenvalue weighted by atomic mass is 10.1. The molecule has 8 nitrogen and oxygen atoms in total. The van der Waals surface area contributed by atoms with E-state index in [2.05, 4.69) is 49.4 Å². The van der Waals surface area contributed by atoms with Crippen molar-refractivity contribution in [1.82, 2.24) is 20.0 Å². The van der Waals surface area contributed by atoms with Crippen LogP contribution in [0.5, 0.6) is 0 Å². The number of benzene rings is 1. The zero-order chi connectivity index (χ0) is 21.1. The third-order valence-corrected chi connectivity index (χ3v) is 5.83. The number of nitrogens with zero attached hydrogens (tertiary/aromatic N) is 6. The van der Waals surface area contributed by atoms with Crippen LogP contribution >= 0.6 is 0 Å². The van der Waals surface area contributed by atoms with Crippen LogP contribution in [0.4, 0.5) is 22.1 Å². The van der Waals surface area contributed by atoms with Crippen molar-refractivity contribution < 1.29 is 4.79 Å². The van der Waals surface area contributed by atoms with E-state index in [0.717, 1.165) is 67.7 Å². The van der Waals surface area contributed by atoms with Gasteiger partial charge in [0.1, 0.15) is 0 Å². The van der Waals surface area contributed by atoms with E-state index in [1.807, 2.05) is 36.9 Å². The number of anilines is 3. The molecular weight excluding hydrogens is 378 g/mol. The van der Waals surface area contributed by atoms with Gasteiger partial charge in [0, 0.05) is 58.0 Å². The smallest absolute Gasteiger partial charge is 0.321 e. The van der Waals surface area contributed by atoms with Gasteiger partial charge in [-0.1, -0.05) is 6.07 Å². The summed E-state index contributed by atoms with van der Waals surface area (Å²) >= 11 is 0. The van der Waals surface area contributed by atoms with Crippen molar-refractivity contribution in [2.45, 2.75) is 13.8 Å². The van der Waals surface area contributed by atoms with Crippen molar-refractivity contribution in [2.24, 2.45) is 0 Å². The van der Waals surface area contributed by atoms with Crippen LogP contribution in [0.2, 0.25) is 0 Å². The molecule has 2 aromatic rings. The fourth-order valence-electron chi connectivity index (χ4n) is 4.08. The van der Waals surface area contributed by atoms with Crippen LogP contribution < -0.4 is 15.1 Å². The lowest BCUT2D eigenvalue weighted by molar-refractivity contribution is 0.208. The highest BCUT2D eigenvalue weighted by Crippen LogP contribution is 2.19. The highest BCUT2D eigenvalue weighted by atomic mass is 16.2. The van der Waals surface area contributed by atoms with Crippen molar-refractivity contribution in [3.05, 3.63) is 41.5 Å². The molecule has 2 aliphatic heterocycles. The third-order valence-electron chi connectivity index (χ3n) is 5.83. The summed E-state index contributed by atoms with van der Waals surface area (Å²) in [6.45, 7) is 11.0. The number of aryl methyl sites for hydroxylation is 2. The zero-order valence-corrected chi connectivity index (χ0v) is 18.1. The van der Waals surface area contributed by atoms with Gasteiger partial charge in [-0.15, -0.1) is 10.2 Å². The van der Waals surface area contributed by atoms with Crippen LogP contribution in [-0.2, 0) is 0 Å². The van der Waals surface area contributed by atoms with Gasteiger partial charge in [-0.25, -0.2) is 4.79 Å². The predicted octanol–water partition coefficient (Wildman–Crippen LogP) is 2.20. The van der Waals surface area contributed by atoms with Crippen molar-refractivity contribution in [2.75, 3.05) is 74.5 Å². The first-order chi connectivity index (χ1) is 14.5. The van der Waals surface area contributed by atoms with Gasteiger partial charge in [0.15, 0.2) is 11.6 Å². The van der Waals surface area contributed by atoms with Crippen LogP contribution in [0.3, 0.4) is 0 Å². The molecule has 4 rings (SSSR count). The number of nitrogens with one attached hydrogen (secondary N) is 1. The Balaban J connectivity index is 1.30. The number of likely N-dealkylation sites (N-methyl/N-ethyl adjacent to an activating group) is 1. The van der Waals surface area contributed by atoms with Gasteiger partial charge in [0.2, 0.25) is 0 Å². The fourth-order valence-corrected chi connectivity index (χ4v) is 4.08. The van der Waals surface area contributed by atoms with E-state index in [1.54, 1.807) is 0 Å². The Morgan fingerprint density at radius 2 is 1.30 bits per heavy atom.